The second-order valence-electron chi connectivity index (χ2n) is 4.98. The van der Waals surface area contributed by atoms with Crippen molar-refractivity contribution in [3.8, 4) is 0 Å². The molecule has 4 nitrogen and oxygen atoms in total. The van der Waals surface area contributed by atoms with Crippen LogP contribution in [0.5, 0.6) is 0 Å². The predicted molar refractivity (Wildman–Crippen MR) is 94.6 cm³/mol. The highest BCUT2D eigenvalue weighted by molar-refractivity contribution is 7.98. The number of thioether (sulfide) groups is 1. The quantitative estimate of drug-likeness (QED) is 0.645. The molecule has 0 unspecified atom stereocenters. The third kappa shape index (κ3) is 4.11. The van der Waals surface area contributed by atoms with Crippen LogP contribution >= 0.6 is 35.3 Å². The summed E-state index contributed by atoms with van der Waals surface area (Å²) in [7, 11) is 0. The molecule has 0 radical (unpaired) electrons. The van der Waals surface area contributed by atoms with Gasteiger partial charge in [-0.2, -0.15) is 11.8 Å². The number of hydrogen-bond donors (Lipinski definition) is 2. The molecule has 0 saturated heterocycles. The molecule has 1 aromatic rings. The van der Waals surface area contributed by atoms with Gasteiger partial charge in [-0.3, -0.25) is 0 Å². The number of carbonyl (C=O) groups excluding carboxylic acids is 1. The van der Waals surface area contributed by atoms with Crippen molar-refractivity contribution in [2.24, 2.45) is 0 Å². The first-order valence-electron chi connectivity index (χ1n) is 6.99. The minimum atomic E-state index is -0.253. The van der Waals surface area contributed by atoms with Gasteiger partial charge in [0.2, 0.25) is 0 Å². The number of esters is 1. The molecule has 7 heteroatoms. The van der Waals surface area contributed by atoms with E-state index in [2.05, 4.69) is 10.6 Å². The summed E-state index contributed by atoms with van der Waals surface area (Å²) in [6, 6.07) is 0.251. The monoisotopic (exact) mass is 344 g/mol. The molecular formula is C14H20N2O2S3. The Balaban J connectivity index is 2.28. The van der Waals surface area contributed by atoms with Crippen LogP contribution in [-0.2, 0) is 16.9 Å². The molecule has 0 bridgehead atoms. The molecule has 0 spiro atoms. The van der Waals surface area contributed by atoms with Gasteiger partial charge in [-0.05, 0) is 50.7 Å². The maximum absolute atomic E-state index is 12.3. The Labute approximate surface area is 139 Å². The van der Waals surface area contributed by atoms with Crippen molar-refractivity contribution in [3.05, 3.63) is 16.0 Å². The highest BCUT2D eigenvalue weighted by Crippen LogP contribution is 2.39. The van der Waals surface area contributed by atoms with Crippen LogP contribution in [-0.4, -0.2) is 29.5 Å². The number of carbonyl (C=O) groups is 1. The fraction of sp³-hybridized carbons (Fsp3) is 0.571. The summed E-state index contributed by atoms with van der Waals surface area (Å²) in [5.74, 6) is 1.75. The summed E-state index contributed by atoms with van der Waals surface area (Å²) in [4.78, 5) is 13.5. The number of rotatable bonds is 4. The summed E-state index contributed by atoms with van der Waals surface area (Å²) in [6.07, 6.45) is 0.913. The molecule has 2 N–H and O–H groups in total. The van der Waals surface area contributed by atoms with Crippen molar-refractivity contribution in [2.75, 3.05) is 17.7 Å². The maximum Gasteiger partial charge on any atom is 0.341 e. The number of ether oxygens (including phenoxy) is 1. The van der Waals surface area contributed by atoms with Gasteiger partial charge in [0.05, 0.1) is 12.2 Å². The summed E-state index contributed by atoms with van der Waals surface area (Å²) >= 11 is 8.80. The average Bonchev–Trinajstić information content (AvgIpc) is 2.75. The first-order chi connectivity index (χ1) is 10.0. The Hall–Kier alpha value is -0.790. The zero-order valence-electron chi connectivity index (χ0n) is 12.4. The van der Waals surface area contributed by atoms with Crippen molar-refractivity contribution in [3.63, 3.8) is 0 Å². The van der Waals surface area contributed by atoms with E-state index in [4.69, 9.17) is 17.0 Å². The van der Waals surface area contributed by atoms with E-state index >= 15 is 0 Å². The number of nitrogens with one attached hydrogen (secondary N) is 2. The van der Waals surface area contributed by atoms with Gasteiger partial charge in [-0.25, -0.2) is 4.79 Å². The fourth-order valence-electron chi connectivity index (χ4n) is 2.14. The van der Waals surface area contributed by atoms with Crippen LogP contribution in [0, 0.1) is 0 Å². The SMILES string of the molecule is CCOC(=O)c1c(NC(=S)NC(C)C)sc2c1CCSC2. The van der Waals surface area contributed by atoms with Crippen molar-refractivity contribution in [1.82, 2.24) is 5.32 Å². The molecule has 2 rings (SSSR count). The predicted octanol–water partition coefficient (Wildman–Crippen LogP) is 3.41. The van der Waals surface area contributed by atoms with Gasteiger partial charge in [0.1, 0.15) is 5.00 Å². The lowest BCUT2D eigenvalue weighted by molar-refractivity contribution is 0.0527. The molecule has 1 aliphatic rings. The highest BCUT2D eigenvalue weighted by atomic mass is 32.2. The van der Waals surface area contributed by atoms with Crippen LogP contribution in [0.25, 0.3) is 0 Å². The van der Waals surface area contributed by atoms with E-state index < -0.39 is 0 Å². The number of fused-ring (bicyclic) bond motifs is 1. The van der Waals surface area contributed by atoms with Crippen LogP contribution < -0.4 is 10.6 Å². The second-order valence-corrected chi connectivity index (χ2v) is 7.60. The van der Waals surface area contributed by atoms with Crippen LogP contribution in [0.15, 0.2) is 0 Å². The van der Waals surface area contributed by atoms with E-state index in [9.17, 15) is 4.79 Å². The standard InChI is InChI=1S/C14H20N2O2S3/c1-4-18-13(17)11-9-5-6-20-7-10(9)21-12(11)16-14(19)15-8(2)3/h8H,4-7H2,1-3H3,(H2,15,16,19). The Bertz CT molecular complexity index is 541. The molecule has 0 fully saturated rings. The van der Waals surface area contributed by atoms with Crippen LogP contribution in [0.2, 0.25) is 0 Å². The third-order valence-electron chi connectivity index (χ3n) is 2.95. The Morgan fingerprint density at radius 3 is 2.90 bits per heavy atom. The number of thiocarbonyl (C=S) groups is 1. The Morgan fingerprint density at radius 1 is 1.48 bits per heavy atom. The summed E-state index contributed by atoms with van der Waals surface area (Å²) < 4.78 is 5.21. The molecule has 21 heavy (non-hydrogen) atoms. The van der Waals surface area contributed by atoms with Crippen LogP contribution in [0.3, 0.4) is 0 Å². The number of hydrogen-bond acceptors (Lipinski definition) is 5. The van der Waals surface area contributed by atoms with Crippen LogP contribution in [0.1, 0.15) is 41.6 Å². The molecule has 1 aliphatic heterocycles. The molecule has 0 amide bonds. The van der Waals surface area contributed by atoms with E-state index in [0.717, 1.165) is 28.5 Å². The molecular weight excluding hydrogens is 324 g/mol. The lowest BCUT2D eigenvalue weighted by Crippen LogP contribution is -2.34. The molecule has 0 aromatic carbocycles. The normalized spacial score (nSPS) is 13.7. The smallest absolute Gasteiger partial charge is 0.341 e. The third-order valence-corrected chi connectivity index (χ3v) is 5.48. The van der Waals surface area contributed by atoms with E-state index in [1.54, 1.807) is 11.3 Å². The van der Waals surface area contributed by atoms with E-state index in [-0.39, 0.29) is 12.0 Å². The van der Waals surface area contributed by atoms with Crippen molar-refractivity contribution in [1.29, 1.82) is 0 Å². The lowest BCUT2D eigenvalue weighted by atomic mass is 10.1. The van der Waals surface area contributed by atoms with Crippen molar-refractivity contribution in [2.45, 2.75) is 39.0 Å². The molecule has 116 valence electrons. The highest BCUT2D eigenvalue weighted by Gasteiger charge is 2.26. The summed E-state index contributed by atoms with van der Waals surface area (Å²) in [5, 5.41) is 7.65. The summed E-state index contributed by atoms with van der Waals surface area (Å²) in [6.45, 7) is 6.25. The van der Waals surface area contributed by atoms with Crippen molar-refractivity contribution >= 4 is 51.4 Å². The van der Waals surface area contributed by atoms with Gasteiger partial charge in [0, 0.05) is 16.7 Å². The average molecular weight is 345 g/mol. The van der Waals surface area contributed by atoms with Crippen LogP contribution in [0.4, 0.5) is 5.00 Å². The lowest BCUT2D eigenvalue weighted by Gasteiger charge is -2.14. The second kappa shape index (κ2) is 7.47. The van der Waals surface area contributed by atoms with Gasteiger partial charge in [-0.15, -0.1) is 11.3 Å². The molecule has 2 heterocycles. The van der Waals surface area contributed by atoms with Gasteiger partial charge < -0.3 is 15.4 Å². The molecule has 0 aliphatic carbocycles. The zero-order chi connectivity index (χ0) is 15.4. The largest absolute Gasteiger partial charge is 0.462 e. The van der Waals surface area contributed by atoms with Crippen molar-refractivity contribution < 1.29 is 9.53 Å². The summed E-state index contributed by atoms with van der Waals surface area (Å²) in [5.41, 5.74) is 1.80. The number of thiophene rings is 1. The molecule has 1 aromatic heterocycles. The van der Waals surface area contributed by atoms with E-state index in [1.165, 1.54) is 4.88 Å². The molecule has 0 atom stereocenters. The van der Waals surface area contributed by atoms with Gasteiger partial charge in [-0.1, -0.05) is 0 Å². The van der Waals surface area contributed by atoms with Gasteiger partial charge in [0.15, 0.2) is 5.11 Å². The minimum Gasteiger partial charge on any atom is -0.462 e. The first kappa shape index (κ1) is 16.6. The Morgan fingerprint density at radius 2 is 2.24 bits per heavy atom. The number of anilines is 1. The Kier molecular flexibility index (Phi) is 5.89. The van der Waals surface area contributed by atoms with Gasteiger partial charge >= 0.3 is 5.97 Å². The first-order valence-corrected chi connectivity index (χ1v) is 9.37. The van der Waals surface area contributed by atoms with E-state index in [1.807, 2.05) is 32.5 Å². The maximum atomic E-state index is 12.3. The molecule has 0 saturated carbocycles. The van der Waals surface area contributed by atoms with Gasteiger partial charge in [0.25, 0.3) is 0 Å². The minimum absolute atomic E-state index is 0.251. The van der Waals surface area contributed by atoms with E-state index in [0.29, 0.717) is 17.3 Å². The zero-order valence-corrected chi connectivity index (χ0v) is 14.9. The topological polar surface area (TPSA) is 50.4 Å². The fourth-order valence-corrected chi connectivity index (χ4v) is 4.92.